The van der Waals surface area contributed by atoms with Crippen molar-refractivity contribution in [3.63, 3.8) is 0 Å². The van der Waals surface area contributed by atoms with E-state index in [2.05, 4.69) is 33.9 Å². The van der Waals surface area contributed by atoms with Crippen molar-refractivity contribution in [1.29, 1.82) is 0 Å². The topological polar surface area (TPSA) is 50.2 Å². The highest BCUT2D eigenvalue weighted by atomic mass is 16.5. The maximum Gasteiger partial charge on any atom is 0.200 e. The minimum absolute atomic E-state index is 0.169. The predicted octanol–water partition coefficient (Wildman–Crippen LogP) is 3.45. The van der Waals surface area contributed by atoms with Gasteiger partial charge in [0.05, 0.1) is 18.9 Å². The molecule has 146 valence electrons. The largest absolute Gasteiger partial charge is 0.493 e. The molecule has 0 amide bonds. The maximum absolute atomic E-state index is 6.72. The molecule has 0 saturated carbocycles. The SMILES string of the molecule is CCN1CCC2(CC1)Oc1c(OC)cccc1[C@@H]1CC(c3cccnc3)=NN12. The van der Waals surface area contributed by atoms with Gasteiger partial charge in [0.2, 0.25) is 5.72 Å². The molecule has 2 aromatic rings. The number of likely N-dealkylation sites (tertiary alicyclic amines) is 1. The van der Waals surface area contributed by atoms with Crippen LogP contribution in [0.2, 0.25) is 0 Å². The molecule has 6 heteroatoms. The molecule has 3 aliphatic heterocycles. The van der Waals surface area contributed by atoms with Crippen molar-refractivity contribution in [2.24, 2.45) is 5.10 Å². The zero-order valence-electron chi connectivity index (χ0n) is 16.5. The summed E-state index contributed by atoms with van der Waals surface area (Å²) in [6.07, 6.45) is 6.42. The summed E-state index contributed by atoms with van der Waals surface area (Å²) in [7, 11) is 1.71. The summed E-state index contributed by atoms with van der Waals surface area (Å²) >= 11 is 0. The molecule has 1 spiro atoms. The Hall–Kier alpha value is -2.60. The Morgan fingerprint density at radius 1 is 1.21 bits per heavy atom. The lowest BCUT2D eigenvalue weighted by atomic mass is 9.90. The highest BCUT2D eigenvalue weighted by molar-refractivity contribution is 6.01. The van der Waals surface area contributed by atoms with Crippen LogP contribution in [0.3, 0.4) is 0 Å². The number of methoxy groups -OCH3 is 1. The zero-order chi connectivity index (χ0) is 19.1. The fourth-order valence-corrected chi connectivity index (χ4v) is 4.69. The summed E-state index contributed by atoms with van der Waals surface area (Å²) in [6, 6.07) is 10.4. The second kappa shape index (κ2) is 6.78. The molecule has 3 aliphatic rings. The first-order chi connectivity index (χ1) is 13.7. The van der Waals surface area contributed by atoms with Crippen molar-refractivity contribution in [2.45, 2.75) is 38.0 Å². The van der Waals surface area contributed by atoms with Crippen LogP contribution in [0, 0.1) is 0 Å². The number of pyridine rings is 1. The van der Waals surface area contributed by atoms with E-state index in [1.165, 1.54) is 0 Å². The third kappa shape index (κ3) is 2.66. The van der Waals surface area contributed by atoms with Gasteiger partial charge in [-0.25, -0.2) is 5.01 Å². The van der Waals surface area contributed by atoms with Crippen LogP contribution in [-0.2, 0) is 0 Å². The number of fused-ring (bicyclic) bond motifs is 4. The molecule has 0 N–H and O–H groups in total. The number of rotatable bonds is 3. The van der Waals surface area contributed by atoms with Crippen LogP contribution in [0.25, 0.3) is 0 Å². The highest BCUT2D eigenvalue weighted by Crippen LogP contribution is 2.52. The minimum Gasteiger partial charge on any atom is -0.493 e. The van der Waals surface area contributed by atoms with Gasteiger partial charge in [-0.3, -0.25) is 4.98 Å². The molecule has 1 fully saturated rings. The highest BCUT2D eigenvalue weighted by Gasteiger charge is 2.52. The maximum atomic E-state index is 6.72. The van der Waals surface area contributed by atoms with Crippen LogP contribution < -0.4 is 9.47 Å². The van der Waals surface area contributed by atoms with E-state index in [4.69, 9.17) is 14.6 Å². The number of hydrogen-bond acceptors (Lipinski definition) is 6. The van der Waals surface area contributed by atoms with Gasteiger partial charge in [0, 0.05) is 55.9 Å². The number of piperidine rings is 1. The third-order valence-electron chi connectivity index (χ3n) is 6.29. The molecule has 0 bridgehead atoms. The van der Waals surface area contributed by atoms with Crippen LogP contribution in [0.15, 0.2) is 47.8 Å². The molecule has 1 atom stereocenters. The van der Waals surface area contributed by atoms with Gasteiger partial charge in [0.15, 0.2) is 11.5 Å². The van der Waals surface area contributed by atoms with E-state index in [-0.39, 0.29) is 6.04 Å². The fraction of sp³-hybridized carbons (Fsp3) is 0.455. The van der Waals surface area contributed by atoms with E-state index in [9.17, 15) is 0 Å². The Kier molecular flexibility index (Phi) is 4.23. The second-order valence-electron chi connectivity index (χ2n) is 7.71. The Bertz CT molecular complexity index is 891. The van der Waals surface area contributed by atoms with E-state index in [1.807, 2.05) is 24.4 Å². The van der Waals surface area contributed by atoms with Crippen LogP contribution in [0.1, 0.15) is 43.4 Å². The quantitative estimate of drug-likeness (QED) is 0.819. The van der Waals surface area contributed by atoms with Crippen LogP contribution >= 0.6 is 0 Å². The van der Waals surface area contributed by atoms with Crippen molar-refractivity contribution in [2.75, 3.05) is 26.7 Å². The summed E-state index contributed by atoms with van der Waals surface area (Å²) in [4.78, 5) is 6.76. The van der Waals surface area contributed by atoms with Crippen molar-refractivity contribution in [3.8, 4) is 11.5 Å². The molecule has 1 aromatic heterocycles. The molecule has 1 aromatic carbocycles. The molecule has 28 heavy (non-hydrogen) atoms. The van der Waals surface area contributed by atoms with Gasteiger partial charge in [-0.1, -0.05) is 25.1 Å². The van der Waals surface area contributed by atoms with Crippen LogP contribution in [0.4, 0.5) is 0 Å². The summed E-state index contributed by atoms with van der Waals surface area (Å²) in [5, 5.41) is 7.33. The van der Waals surface area contributed by atoms with Crippen molar-refractivity contribution in [1.82, 2.24) is 14.9 Å². The lowest BCUT2D eigenvalue weighted by molar-refractivity contribution is -0.150. The van der Waals surface area contributed by atoms with E-state index in [0.29, 0.717) is 0 Å². The average Bonchev–Trinajstić information content (AvgIpc) is 3.22. The van der Waals surface area contributed by atoms with Crippen LogP contribution in [0.5, 0.6) is 11.5 Å². The van der Waals surface area contributed by atoms with Gasteiger partial charge in [-0.15, -0.1) is 0 Å². The first kappa shape index (κ1) is 17.5. The Labute approximate surface area is 165 Å². The van der Waals surface area contributed by atoms with Gasteiger partial charge in [-0.2, -0.15) is 5.10 Å². The normalized spacial score (nSPS) is 23.0. The number of para-hydroxylation sites is 1. The first-order valence-corrected chi connectivity index (χ1v) is 10.1. The lowest BCUT2D eigenvalue weighted by Gasteiger charge is -2.51. The Morgan fingerprint density at radius 3 is 2.79 bits per heavy atom. The average molecular weight is 378 g/mol. The standard InChI is InChI=1S/C22H26N4O2/c1-3-25-12-9-22(10-13-25)26-19(14-18(24-26)16-6-5-11-23-15-16)17-7-4-8-20(27-2)21(17)28-22/h4-8,11,15,19H,3,9-10,12-14H2,1-2H3/t19-/m0/s1. The van der Waals surface area contributed by atoms with Gasteiger partial charge in [0.25, 0.3) is 0 Å². The smallest absolute Gasteiger partial charge is 0.200 e. The van der Waals surface area contributed by atoms with E-state index in [1.54, 1.807) is 13.3 Å². The zero-order valence-corrected chi connectivity index (χ0v) is 16.5. The lowest BCUT2D eigenvalue weighted by Crippen LogP contribution is -2.59. The van der Waals surface area contributed by atoms with Gasteiger partial charge in [-0.05, 0) is 18.7 Å². The predicted molar refractivity (Wildman–Crippen MR) is 108 cm³/mol. The number of ether oxygens (including phenoxy) is 2. The fourth-order valence-electron chi connectivity index (χ4n) is 4.69. The number of hydrazone groups is 1. The van der Waals surface area contributed by atoms with E-state index < -0.39 is 5.72 Å². The minimum atomic E-state index is -0.415. The van der Waals surface area contributed by atoms with Crippen molar-refractivity contribution >= 4 is 5.71 Å². The molecule has 6 nitrogen and oxygen atoms in total. The number of benzene rings is 1. The first-order valence-electron chi connectivity index (χ1n) is 10.1. The number of nitrogens with zero attached hydrogens (tertiary/aromatic N) is 4. The summed E-state index contributed by atoms with van der Waals surface area (Å²) in [5.41, 5.74) is 2.91. The summed E-state index contributed by atoms with van der Waals surface area (Å²) in [6.45, 7) is 5.32. The van der Waals surface area contributed by atoms with E-state index in [0.717, 1.165) is 67.2 Å². The van der Waals surface area contributed by atoms with Crippen molar-refractivity contribution in [3.05, 3.63) is 53.9 Å². The van der Waals surface area contributed by atoms with Gasteiger partial charge < -0.3 is 14.4 Å². The molecule has 0 aliphatic carbocycles. The molecule has 1 saturated heterocycles. The van der Waals surface area contributed by atoms with Crippen molar-refractivity contribution < 1.29 is 9.47 Å². The molecule has 0 unspecified atom stereocenters. The molecule has 4 heterocycles. The summed E-state index contributed by atoms with van der Waals surface area (Å²) in [5.74, 6) is 1.70. The molecule has 5 rings (SSSR count). The van der Waals surface area contributed by atoms with E-state index >= 15 is 0 Å². The number of aromatic nitrogens is 1. The molecular formula is C22H26N4O2. The second-order valence-corrected chi connectivity index (χ2v) is 7.71. The Balaban J connectivity index is 1.58. The van der Waals surface area contributed by atoms with Gasteiger partial charge >= 0.3 is 0 Å². The third-order valence-corrected chi connectivity index (χ3v) is 6.29. The Morgan fingerprint density at radius 2 is 2.07 bits per heavy atom. The number of hydrogen-bond donors (Lipinski definition) is 0. The molecule has 0 radical (unpaired) electrons. The van der Waals surface area contributed by atoms with Crippen LogP contribution in [-0.4, -0.2) is 53.1 Å². The molecular weight excluding hydrogens is 352 g/mol. The summed E-state index contributed by atoms with van der Waals surface area (Å²) < 4.78 is 12.4. The monoisotopic (exact) mass is 378 g/mol. The van der Waals surface area contributed by atoms with Gasteiger partial charge in [0.1, 0.15) is 0 Å².